The van der Waals surface area contributed by atoms with Gasteiger partial charge in [-0.25, -0.2) is 4.39 Å². The number of anilines is 1. The van der Waals surface area contributed by atoms with Crippen molar-refractivity contribution in [3.63, 3.8) is 0 Å². The fourth-order valence-electron chi connectivity index (χ4n) is 3.53. The molecule has 3 aromatic carbocycles. The van der Waals surface area contributed by atoms with E-state index in [-0.39, 0.29) is 5.76 Å². The summed E-state index contributed by atoms with van der Waals surface area (Å²) in [7, 11) is 1.56. The van der Waals surface area contributed by atoms with E-state index in [1.807, 2.05) is 6.07 Å². The third kappa shape index (κ3) is 3.34. The second kappa shape index (κ2) is 7.60. The molecule has 0 spiro atoms. The summed E-state index contributed by atoms with van der Waals surface area (Å²) in [5.41, 5.74) is 2.19. The van der Waals surface area contributed by atoms with Crippen LogP contribution in [0.1, 0.15) is 17.2 Å². The summed E-state index contributed by atoms with van der Waals surface area (Å²) < 4.78 is 18.6. The average molecular weight is 410 g/mol. The van der Waals surface area contributed by atoms with E-state index in [1.165, 1.54) is 29.2 Å². The van der Waals surface area contributed by atoms with Gasteiger partial charge in [0.25, 0.3) is 5.91 Å². The SMILES string of the molecule is COc1ccc(C2=C(O)C(=O)N(c3ccc(F)cc3)C2c2ccccc2Cl)cc1. The minimum absolute atomic E-state index is 0.371. The molecule has 0 fully saturated rings. The molecule has 1 unspecified atom stereocenters. The van der Waals surface area contributed by atoms with Gasteiger partial charge >= 0.3 is 0 Å². The summed E-state index contributed by atoms with van der Waals surface area (Å²) in [5.74, 6) is -0.707. The number of carbonyl (C=O) groups excluding carboxylic acids is 1. The average Bonchev–Trinajstić information content (AvgIpc) is 3.00. The van der Waals surface area contributed by atoms with Crippen molar-refractivity contribution in [1.29, 1.82) is 0 Å². The lowest BCUT2D eigenvalue weighted by molar-refractivity contribution is -0.117. The molecule has 0 bridgehead atoms. The second-order valence-corrected chi connectivity index (χ2v) is 6.97. The molecule has 1 heterocycles. The molecule has 3 aromatic rings. The summed E-state index contributed by atoms with van der Waals surface area (Å²) in [6.07, 6.45) is 0. The lowest BCUT2D eigenvalue weighted by Crippen LogP contribution is -2.30. The Hall–Kier alpha value is -3.31. The van der Waals surface area contributed by atoms with Crippen LogP contribution in [0, 0.1) is 5.82 Å². The molecule has 1 aliphatic heterocycles. The molecular formula is C23H17ClFNO3. The smallest absolute Gasteiger partial charge is 0.294 e. The van der Waals surface area contributed by atoms with Crippen LogP contribution >= 0.6 is 11.6 Å². The molecule has 146 valence electrons. The summed E-state index contributed by atoms with van der Waals surface area (Å²) in [6, 6.07) is 19.1. The quantitative estimate of drug-likeness (QED) is 0.615. The van der Waals surface area contributed by atoms with Gasteiger partial charge in [-0.1, -0.05) is 41.9 Å². The van der Waals surface area contributed by atoms with Crippen LogP contribution in [0.15, 0.2) is 78.6 Å². The normalized spacial score (nSPS) is 16.4. The first-order valence-corrected chi connectivity index (χ1v) is 9.30. The Kier molecular flexibility index (Phi) is 4.99. The first kappa shape index (κ1) is 19.0. The maximum Gasteiger partial charge on any atom is 0.294 e. The number of benzene rings is 3. The number of hydrogen-bond donors (Lipinski definition) is 1. The van der Waals surface area contributed by atoms with Gasteiger partial charge in [0, 0.05) is 16.3 Å². The highest BCUT2D eigenvalue weighted by Crippen LogP contribution is 2.47. The molecule has 1 N–H and O–H groups in total. The zero-order valence-corrected chi connectivity index (χ0v) is 16.2. The van der Waals surface area contributed by atoms with Crippen LogP contribution in [0.25, 0.3) is 5.57 Å². The van der Waals surface area contributed by atoms with Crippen LogP contribution in [0.3, 0.4) is 0 Å². The van der Waals surface area contributed by atoms with Crippen molar-refractivity contribution in [2.75, 3.05) is 12.0 Å². The molecule has 1 amide bonds. The number of nitrogens with zero attached hydrogens (tertiary/aromatic N) is 1. The molecule has 6 heteroatoms. The lowest BCUT2D eigenvalue weighted by atomic mass is 9.93. The zero-order chi connectivity index (χ0) is 20.5. The van der Waals surface area contributed by atoms with Crippen LogP contribution in [-0.4, -0.2) is 18.1 Å². The number of carbonyl (C=O) groups is 1. The summed E-state index contributed by atoms with van der Waals surface area (Å²) in [6.45, 7) is 0. The highest BCUT2D eigenvalue weighted by Gasteiger charge is 2.42. The predicted molar refractivity (Wildman–Crippen MR) is 111 cm³/mol. The van der Waals surface area contributed by atoms with Crippen molar-refractivity contribution >= 4 is 28.8 Å². The molecule has 1 atom stereocenters. The molecule has 1 aliphatic rings. The second-order valence-electron chi connectivity index (χ2n) is 6.57. The van der Waals surface area contributed by atoms with Gasteiger partial charge in [-0.05, 0) is 53.6 Å². The number of methoxy groups -OCH3 is 1. The van der Waals surface area contributed by atoms with Crippen molar-refractivity contribution in [2.24, 2.45) is 0 Å². The van der Waals surface area contributed by atoms with Gasteiger partial charge in [-0.2, -0.15) is 0 Å². The van der Waals surface area contributed by atoms with Gasteiger partial charge in [0.2, 0.25) is 0 Å². The summed E-state index contributed by atoms with van der Waals surface area (Å²) in [5, 5.41) is 11.2. The van der Waals surface area contributed by atoms with Crippen molar-refractivity contribution in [2.45, 2.75) is 6.04 Å². The van der Waals surface area contributed by atoms with Crippen LogP contribution in [-0.2, 0) is 4.79 Å². The first-order chi connectivity index (χ1) is 14.0. The number of halogens is 2. The monoisotopic (exact) mass is 409 g/mol. The van der Waals surface area contributed by atoms with Crippen molar-refractivity contribution < 1.29 is 19.0 Å². The Morgan fingerprint density at radius 3 is 2.28 bits per heavy atom. The molecular weight excluding hydrogens is 393 g/mol. The van der Waals surface area contributed by atoms with E-state index in [0.29, 0.717) is 33.2 Å². The minimum atomic E-state index is -0.671. The number of ether oxygens (including phenoxy) is 1. The maximum atomic E-state index is 13.4. The standard InChI is InChI=1S/C23H17ClFNO3/c1-29-17-12-6-14(7-13-17)20-21(18-4-2-3-5-19(18)24)26(23(28)22(20)27)16-10-8-15(25)9-11-16/h2-13,21,27H,1H3. The molecule has 4 rings (SSSR count). The third-order valence-electron chi connectivity index (χ3n) is 4.91. The van der Waals surface area contributed by atoms with Crippen LogP contribution in [0.2, 0.25) is 5.02 Å². The summed E-state index contributed by atoms with van der Waals surface area (Å²) in [4.78, 5) is 14.5. The number of aliphatic hydroxyl groups excluding tert-OH is 1. The Morgan fingerprint density at radius 2 is 1.66 bits per heavy atom. The molecule has 0 aromatic heterocycles. The fraction of sp³-hybridized carbons (Fsp3) is 0.0870. The minimum Gasteiger partial charge on any atom is -0.503 e. The van der Waals surface area contributed by atoms with Crippen LogP contribution in [0.5, 0.6) is 5.75 Å². The predicted octanol–water partition coefficient (Wildman–Crippen LogP) is 5.54. The molecule has 0 saturated heterocycles. The Labute approximate surface area is 172 Å². The molecule has 0 radical (unpaired) electrons. The van der Waals surface area contributed by atoms with Gasteiger partial charge in [-0.15, -0.1) is 0 Å². The van der Waals surface area contributed by atoms with Crippen molar-refractivity contribution in [1.82, 2.24) is 0 Å². The Morgan fingerprint density at radius 1 is 1.00 bits per heavy atom. The van der Waals surface area contributed by atoms with Gasteiger partial charge in [0.1, 0.15) is 11.6 Å². The largest absolute Gasteiger partial charge is 0.503 e. The topological polar surface area (TPSA) is 49.8 Å². The van der Waals surface area contributed by atoms with E-state index in [4.69, 9.17) is 16.3 Å². The van der Waals surface area contributed by atoms with Crippen LogP contribution < -0.4 is 9.64 Å². The first-order valence-electron chi connectivity index (χ1n) is 8.92. The Bertz CT molecular complexity index is 1090. The highest BCUT2D eigenvalue weighted by atomic mass is 35.5. The highest BCUT2D eigenvalue weighted by molar-refractivity contribution is 6.32. The van der Waals surface area contributed by atoms with E-state index in [9.17, 15) is 14.3 Å². The number of aliphatic hydroxyl groups is 1. The molecule has 29 heavy (non-hydrogen) atoms. The van der Waals surface area contributed by atoms with E-state index in [2.05, 4.69) is 0 Å². The fourth-order valence-corrected chi connectivity index (χ4v) is 3.77. The van der Waals surface area contributed by atoms with Crippen molar-refractivity contribution in [3.8, 4) is 5.75 Å². The van der Waals surface area contributed by atoms with Crippen LogP contribution in [0.4, 0.5) is 10.1 Å². The van der Waals surface area contributed by atoms with Gasteiger partial charge in [-0.3, -0.25) is 9.69 Å². The maximum absolute atomic E-state index is 13.4. The van der Waals surface area contributed by atoms with Gasteiger partial charge < -0.3 is 9.84 Å². The Balaban J connectivity index is 1.91. The number of rotatable bonds is 4. The van der Waals surface area contributed by atoms with E-state index in [0.717, 1.165) is 0 Å². The summed E-state index contributed by atoms with van der Waals surface area (Å²) >= 11 is 6.46. The van der Waals surface area contributed by atoms with E-state index < -0.39 is 17.8 Å². The van der Waals surface area contributed by atoms with Crippen molar-refractivity contribution in [3.05, 3.63) is 101 Å². The molecule has 0 saturated carbocycles. The van der Waals surface area contributed by atoms with Gasteiger partial charge in [0.15, 0.2) is 5.76 Å². The third-order valence-corrected chi connectivity index (χ3v) is 5.26. The number of amides is 1. The van der Waals surface area contributed by atoms with E-state index in [1.54, 1.807) is 49.6 Å². The van der Waals surface area contributed by atoms with Gasteiger partial charge in [0.05, 0.1) is 13.2 Å². The van der Waals surface area contributed by atoms with E-state index >= 15 is 0 Å². The number of hydrogen-bond acceptors (Lipinski definition) is 3. The molecule has 4 nitrogen and oxygen atoms in total. The molecule has 0 aliphatic carbocycles. The lowest BCUT2D eigenvalue weighted by Gasteiger charge is -2.28. The zero-order valence-electron chi connectivity index (χ0n) is 15.5.